The van der Waals surface area contributed by atoms with Crippen molar-refractivity contribution in [1.82, 2.24) is 14.9 Å². The first-order valence-corrected chi connectivity index (χ1v) is 11.6. The Morgan fingerprint density at radius 2 is 2.03 bits per heavy atom. The molecular weight excluding hydrogens is 442 g/mol. The third-order valence-electron chi connectivity index (χ3n) is 6.41. The van der Waals surface area contributed by atoms with Gasteiger partial charge in [0.15, 0.2) is 5.69 Å². The summed E-state index contributed by atoms with van der Waals surface area (Å²) in [6.07, 6.45) is 3.33. The maximum absolute atomic E-state index is 12.3. The first kappa shape index (κ1) is 23.1. The smallest absolute Gasteiger partial charge is 0.410 e. The lowest BCUT2D eigenvalue weighted by Crippen LogP contribution is -2.47. The number of piperidine rings is 1. The highest BCUT2D eigenvalue weighted by molar-refractivity contribution is 6.33. The average Bonchev–Trinajstić information content (AvgIpc) is 3.01. The maximum atomic E-state index is 12.3. The van der Waals surface area contributed by atoms with Gasteiger partial charge < -0.3 is 19.7 Å². The minimum Gasteiger partial charge on any atom is -0.477 e. The van der Waals surface area contributed by atoms with E-state index in [0.29, 0.717) is 65.5 Å². The van der Waals surface area contributed by atoms with Gasteiger partial charge in [0.2, 0.25) is 5.88 Å². The summed E-state index contributed by atoms with van der Waals surface area (Å²) in [4.78, 5) is 26.2. The van der Waals surface area contributed by atoms with E-state index < -0.39 is 0 Å². The highest BCUT2D eigenvalue weighted by atomic mass is 35.5. The van der Waals surface area contributed by atoms with Crippen LogP contribution in [0.15, 0.2) is 24.5 Å². The minimum atomic E-state index is -0.216. The van der Waals surface area contributed by atoms with Gasteiger partial charge in [-0.3, -0.25) is 0 Å². The standard InChI is InChI=1S/C24H28ClN5O3/c1-14(2)33-24(31)30-10-16-5-6-17(11-30)19(16)12-32-23-15(3)22(27-13-28-23)29-21-8-7-18(26-4)9-20(21)25/h7-9,13-14,16-17,19H,5-6,10-12H2,1-3H3,(H,27,28,29). The summed E-state index contributed by atoms with van der Waals surface area (Å²) in [6.45, 7) is 14.7. The zero-order valence-electron chi connectivity index (χ0n) is 19.0. The fourth-order valence-electron chi connectivity index (χ4n) is 4.72. The van der Waals surface area contributed by atoms with Crippen LogP contribution in [0.25, 0.3) is 4.85 Å². The van der Waals surface area contributed by atoms with Gasteiger partial charge >= 0.3 is 6.09 Å². The first-order chi connectivity index (χ1) is 15.9. The molecule has 1 saturated carbocycles. The third-order valence-corrected chi connectivity index (χ3v) is 6.72. The second kappa shape index (κ2) is 9.84. The molecule has 4 rings (SSSR count). The monoisotopic (exact) mass is 469 g/mol. The van der Waals surface area contributed by atoms with Crippen LogP contribution in [0.3, 0.4) is 0 Å². The largest absolute Gasteiger partial charge is 0.477 e. The Balaban J connectivity index is 1.40. The number of ether oxygens (including phenoxy) is 2. The predicted octanol–water partition coefficient (Wildman–Crippen LogP) is 5.61. The van der Waals surface area contributed by atoms with Gasteiger partial charge in [0.05, 0.1) is 35.6 Å². The number of anilines is 2. The van der Waals surface area contributed by atoms with Gasteiger partial charge in [0.25, 0.3) is 0 Å². The molecule has 1 aliphatic carbocycles. The Bertz CT molecular complexity index is 1060. The molecule has 0 spiro atoms. The lowest BCUT2D eigenvalue weighted by molar-refractivity contribution is 0.0363. The molecule has 2 fully saturated rings. The fourth-order valence-corrected chi connectivity index (χ4v) is 4.94. The third kappa shape index (κ3) is 5.14. The van der Waals surface area contributed by atoms with E-state index in [4.69, 9.17) is 27.6 Å². The van der Waals surface area contributed by atoms with Crippen molar-refractivity contribution in [2.24, 2.45) is 17.8 Å². The molecule has 2 aliphatic rings. The SMILES string of the molecule is [C-]#[N+]c1ccc(Nc2ncnc(OCC3C4CCC3CN(C(=O)OC(C)C)C4)c2C)c(Cl)c1. The van der Waals surface area contributed by atoms with Gasteiger partial charge in [-0.25, -0.2) is 19.6 Å². The van der Waals surface area contributed by atoms with Gasteiger partial charge in [-0.1, -0.05) is 17.7 Å². The Morgan fingerprint density at radius 1 is 1.30 bits per heavy atom. The number of hydrogen-bond acceptors (Lipinski definition) is 6. The van der Waals surface area contributed by atoms with E-state index in [0.717, 1.165) is 18.4 Å². The molecule has 2 aromatic rings. The van der Waals surface area contributed by atoms with Crippen LogP contribution in [0.2, 0.25) is 5.02 Å². The van der Waals surface area contributed by atoms with Crippen LogP contribution in [0.5, 0.6) is 5.88 Å². The summed E-state index contributed by atoms with van der Waals surface area (Å²) >= 11 is 6.30. The zero-order chi connectivity index (χ0) is 23.5. The Labute approximate surface area is 199 Å². The van der Waals surface area contributed by atoms with Gasteiger partial charge in [0, 0.05) is 19.0 Å². The van der Waals surface area contributed by atoms with Crippen molar-refractivity contribution in [2.75, 3.05) is 25.0 Å². The number of nitrogens with one attached hydrogen (secondary N) is 1. The number of rotatable bonds is 6. The van der Waals surface area contributed by atoms with Gasteiger partial charge in [-0.05, 0) is 57.6 Å². The predicted molar refractivity (Wildman–Crippen MR) is 126 cm³/mol. The van der Waals surface area contributed by atoms with Gasteiger partial charge in [0.1, 0.15) is 12.1 Å². The lowest BCUT2D eigenvalue weighted by Gasteiger charge is -2.37. The maximum Gasteiger partial charge on any atom is 0.410 e. The number of hydrogen-bond donors (Lipinski definition) is 1. The number of amides is 1. The number of halogens is 1. The van der Waals surface area contributed by atoms with Gasteiger partial charge in [-0.15, -0.1) is 0 Å². The van der Waals surface area contributed by atoms with Crippen LogP contribution < -0.4 is 10.1 Å². The van der Waals surface area contributed by atoms with Crippen LogP contribution in [0, 0.1) is 31.2 Å². The quantitative estimate of drug-likeness (QED) is 0.553. The summed E-state index contributed by atoms with van der Waals surface area (Å²) in [6, 6.07) is 5.08. The molecule has 1 amide bonds. The number of likely N-dealkylation sites (tertiary alicyclic amines) is 1. The minimum absolute atomic E-state index is 0.111. The summed E-state index contributed by atoms with van der Waals surface area (Å²) < 4.78 is 11.5. The van der Waals surface area contributed by atoms with E-state index >= 15 is 0 Å². The van der Waals surface area contributed by atoms with E-state index in [1.807, 2.05) is 25.7 Å². The van der Waals surface area contributed by atoms with Crippen molar-refractivity contribution in [3.05, 3.63) is 46.5 Å². The average molecular weight is 470 g/mol. The van der Waals surface area contributed by atoms with Crippen molar-refractivity contribution < 1.29 is 14.3 Å². The Morgan fingerprint density at radius 3 is 2.67 bits per heavy atom. The van der Waals surface area contributed by atoms with Crippen LogP contribution in [0.4, 0.5) is 22.0 Å². The Kier molecular flexibility index (Phi) is 6.89. The number of fused-ring (bicyclic) bond motifs is 2. The molecule has 2 heterocycles. The van der Waals surface area contributed by atoms with Crippen molar-refractivity contribution >= 4 is 34.9 Å². The van der Waals surface area contributed by atoms with Crippen LogP contribution in [-0.4, -0.2) is 46.8 Å². The van der Waals surface area contributed by atoms with Gasteiger partial charge in [-0.2, -0.15) is 0 Å². The molecule has 1 aromatic carbocycles. The number of aromatic nitrogens is 2. The molecule has 1 N–H and O–H groups in total. The first-order valence-electron chi connectivity index (χ1n) is 11.2. The van der Waals surface area contributed by atoms with Crippen molar-refractivity contribution in [3.8, 4) is 5.88 Å². The van der Waals surface area contributed by atoms with E-state index in [9.17, 15) is 4.79 Å². The molecule has 9 heteroatoms. The molecule has 2 bridgehead atoms. The molecule has 174 valence electrons. The molecule has 1 aromatic heterocycles. The van der Waals surface area contributed by atoms with E-state index in [1.165, 1.54) is 6.33 Å². The molecular formula is C24H28ClN5O3. The van der Waals surface area contributed by atoms with E-state index in [2.05, 4.69) is 20.1 Å². The summed E-state index contributed by atoms with van der Waals surface area (Å²) in [7, 11) is 0. The molecule has 0 radical (unpaired) electrons. The summed E-state index contributed by atoms with van der Waals surface area (Å²) in [5, 5.41) is 3.66. The summed E-state index contributed by atoms with van der Waals surface area (Å²) in [5.41, 5.74) is 1.93. The summed E-state index contributed by atoms with van der Waals surface area (Å²) in [5.74, 6) is 2.33. The van der Waals surface area contributed by atoms with Crippen LogP contribution in [-0.2, 0) is 4.74 Å². The lowest BCUT2D eigenvalue weighted by atomic mass is 9.86. The molecule has 1 aliphatic heterocycles. The number of nitrogens with zero attached hydrogens (tertiary/aromatic N) is 4. The van der Waals surface area contributed by atoms with Crippen molar-refractivity contribution in [3.63, 3.8) is 0 Å². The highest BCUT2D eigenvalue weighted by Gasteiger charge is 2.44. The second-order valence-electron chi connectivity index (χ2n) is 8.96. The molecule has 33 heavy (non-hydrogen) atoms. The van der Waals surface area contributed by atoms with Crippen molar-refractivity contribution in [1.29, 1.82) is 0 Å². The molecule has 8 nitrogen and oxygen atoms in total. The van der Waals surface area contributed by atoms with Crippen LogP contribution >= 0.6 is 11.6 Å². The van der Waals surface area contributed by atoms with E-state index in [1.54, 1.807) is 18.2 Å². The fraction of sp³-hybridized carbons (Fsp3) is 0.500. The number of benzene rings is 1. The zero-order valence-corrected chi connectivity index (χ0v) is 19.8. The molecule has 2 atom stereocenters. The molecule has 2 unspecified atom stereocenters. The van der Waals surface area contributed by atoms with Crippen LogP contribution in [0.1, 0.15) is 32.3 Å². The number of carbonyl (C=O) groups is 1. The highest BCUT2D eigenvalue weighted by Crippen LogP contribution is 2.42. The second-order valence-corrected chi connectivity index (χ2v) is 9.37. The number of carbonyl (C=O) groups excluding carboxylic acids is 1. The Hall–Kier alpha value is -3.05. The van der Waals surface area contributed by atoms with E-state index in [-0.39, 0.29) is 12.2 Å². The topological polar surface area (TPSA) is 80.9 Å². The van der Waals surface area contributed by atoms with Crippen molar-refractivity contribution in [2.45, 2.75) is 39.7 Å². The molecule has 1 saturated heterocycles. The normalized spacial score (nSPS) is 21.6.